The van der Waals surface area contributed by atoms with Gasteiger partial charge < -0.3 is 5.32 Å². The predicted molar refractivity (Wildman–Crippen MR) is 72.6 cm³/mol. The van der Waals surface area contributed by atoms with Gasteiger partial charge in [-0.15, -0.1) is 11.3 Å². The first-order valence-electron chi connectivity index (χ1n) is 5.31. The van der Waals surface area contributed by atoms with Crippen molar-refractivity contribution in [1.82, 2.24) is 0 Å². The van der Waals surface area contributed by atoms with Gasteiger partial charge in [0.25, 0.3) is 0 Å². The summed E-state index contributed by atoms with van der Waals surface area (Å²) in [5.74, 6) is -0.0491. The van der Waals surface area contributed by atoms with Crippen LogP contribution in [0.15, 0.2) is 54.1 Å². The van der Waals surface area contributed by atoms with Gasteiger partial charge in [0, 0.05) is 12.3 Å². The van der Waals surface area contributed by atoms with Crippen LogP contribution in [0.5, 0.6) is 0 Å². The number of allylic oxidation sites excluding steroid dienone is 1. The fourth-order valence-electron chi connectivity index (χ4n) is 1.41. The van der Waals surface area contributed by atoms with E-state index >= 15 is 0 Å². The molecule has 2 rings (SSSR count). The fraction of sp³-hybridized carbons (Fsp3) is 0. The van der Waals surface area contributed by atoms with E-state index in [9.17, 15) is 4.79 Å². The van der Waals surface area contributed by atoms with Crippen LogP contribution in [0.1, 0.15) is 15.2 Å². The normalized spacial score (nSPS) is 10.2. The van der Waals surface area contributed by atoms with Crippen molar-refractivity contribution in [1.29, 1.82) is 5.26 Å². The van der Waals surface area contributed by atoms with E-state index in [0.29, 0.717) is 16.1 Å². The van der Waals surface area contributed by atoms with Gasteiger partial charge in [-0.1, -0.05) is 18.2 Å². The third-order valence-electron chi connectivity index (χ3n) is 2.29. The minimum atomic E-state index is -0.0491. The van der Waals surface area contributed by atoms with Crippen molar-refractivity contribution in [3.63, 3.8) is 0 Å². The summed E-state index contributed by atoms with van der Waals surface area (Å²) >= 11 is 1.40. The van der Waals surface area contributed by atoms with E-state index in [-0.39, 0.29) is 5.78 Å². The van der Waals surface area contributed by atoms with Gasteiger partial charge in [0.05, 0.1) is 16.1 Å². The van der Waals surface area contributed by atoms with Crippen molar-refractivity contribution in [2.45, 2.75) is 0 Å². The Labute approximate surface area is 109 Å². The number of rotatable bonds is 4. The van der Waals surface area contributed by atoms with Crippen molar-refractivity contribution in [3.05, 3.63) is 64.5 Å². The molecule has 0 spiro atoms. The molecule has 1 aromatic heterocycles. The van der Waals surface area contributed by atoms with Crippen LogP contribution in [0.25, 0.3) is 0 Å². The molecule has 1 aromatic carbocycles. The molecule has 0 bridgehead atoms. The fourth-order valence-corrected chi connectivity index (χ4v) is 2.06. The van der Waals surface area contributed by atoms with E-state index in [4.69, 9.17) is 5.26 Å². The van der Waals surface area contributed by atoms with Crippen LogP contribution in [0.3, 0.4) is 0 Å². The molecule has 0 fully saturated rings. The lowest BCUT2D eigenvalue weighted by Crippen LogP contribution is -1.95. The monoisotopic (exact) mass is 254 g/mol. The van der Waals surface area contributed by atoms with Crippen molar-refractivity contribution in [2.75, 3.05) is 5.32 Å². The zero-order valence-corrected chi connectivity index (χ0v) is 10.3. The molecule has 1 heterocycles. The molecule has 0 aliphatic rings. The molecule has 88 valence electrons. The standard InChI is InChI=1S/C14H10N2OS/c15-10-11-4-1-2-5-12(11)16-8-7-13(17)14-6-3-9-18-14/h1-9,16H. The molecule has 1 N–H and O–H groups in total. The number of para-hydroxylation sites is 1. The summed E-state index contributed by atoms with van der Waals surface area (Å²) in [5.41, 5.74) is 1.24. The Morgan fingerprint density at radius 3 is 2.83 bits per heavy atom. The number of carbonyl (C=O) groups is 1. The van der Waals surface area contributed by atoms with Gasteiger partial charge >= 0.3 is 0 Å². The molecule has 0 atom stereocenters. The maximum Gasteiger partial charge on any atom is 0.197 e. The summed E-state index contributed by atoms with van der Waals surface area (Å²) in [4.78, 5) is 12.4. The van der Waals surface area contributed by atoms with Crippen LogP contribution in [0.2, 0.25) is 0 Å². The van der Waals surface area contributed by atoms with Crippen LogP contribution in [0.4, 0.5) is 5.69 Å². The number of benzene rings is 1. The van der Waals surface area contributed by atoms with Crippen molar-refractivity contribution in [2.24, 2.45) is 0 Å². The first kappa shape index (κ1) is 12.1. The van der Waals surface area contributed by atoms with E-state index in [1.54, 1.807) is 30.5 Å². The van der Waals surface area contributed by atoms with Gasteiger partial charge in [0.15, 0.2) is 5.78 Å². The number of hydrogen-bond donors (Lipinski definition) is 1. The Kier molecular flexibility index (Phi) is 3.90. The van der Waals surface area contributed by atoms with Gasteiger partial charge in [-0.2, -0.15) is 5.26 Å². The molecule has 0 radical (unpaired) electrons. The van der Waals surface area contributed by atoms with Crippen LogP contribution in [-0.4, -0.2) is 5.78 Å². The molecule has 0 aliphatic carbocycles. The highest BCUT2D eigenvalue weighted by molar-refractivity contribution is 7.12. The maximum absolute atomic E-state index is 11.7. The molecule has 0 aliphatic heterocycles. The molecule has 3 nitrogen and oxygen atoms in total. The number of thiophene rings is 1. The predicted octanol–water partition coefficient (Wildman–Crippen LogP) is 3.43. The lowest BCUT2D eigenvalue weighted by molar-refractivity contribution is 0.105. The van der Waals surface area contributed by atoms with Crippen LogP contribution < -0.4 is 5.32 Å². The lowest BCUT2D eigenvalue weighted by Gasteiger charge is -2.01. The summed E-state index contributed by atoms with van der Waals surface area (Å²) in [6.07, 6.45) is 3.01. The van der Waals surface area contributed by atoms with Gasteiger partial charge in [0.2, 0.25) is 0 Å². The van der Waals surface area contributed by atoms with E-state index in [1.165, 1.54) is 17.4 Å². The Hall–Kier alpha value is -2.38. The Morgan fingerprint density at radius 1 is 1.28 bits per heavy atom. The molecular formula is C14H10N2OS. The molecule has 2 aromatic rings. The second kappa shape index (κ2) is 5.80. The maximum atomic E-state index is 11.7. The molecule has 0 saturated carbocycles. The Morgan fingerprint density at radius 2 is 2.11 bits per heavy atom. The Bertz CT molecular complexity index is 609. The first-order valence-corrected chi connectivity index (χ1v) is 6.19. The zero-order valence-electron chi connectivity index (χ0n) is 9.46. The second-order valence-electron chi connectivity index (χ2n) is 3.48. The molecule has 0 saturated heterocycles. The van der Waals surface area contributed by atoms with Crippen LogP contribution >= 0.6 is 11.3 Å². The first-order chi connectivity index (χ1) is 8.81. The summed E-state index contributed by atoms with van der Waals surface area (Å²) in [6, 6.07) is 12.8. The molecule has 0 unspecified atom stereocenters. The topological polar surface area (TPSA) is 52.9 Å². The van der Waals surface area contributed by atoms with E-state index in [1.807, 2.05) is 17.5 Å². The van der Waals surface area contributed by atoms with Gasteiger partial charge in [-0.25, -0.2) is 0 Å². The number of ketones is 1. The third kappa shape index (κ3) is 2.84. The molecule has 0 amide bonds. The summed E-state index contributed by atoms with van der Waals surface area (Å²) in [5, 5.41) is 13.7. The average Bonchev–Trinajstić information content (AvgIpc) is 2.93. The zero-order chi connectivity index (χ0) is 12.8. The lowest BCUT2D eigenvalue weighted by atomic mass is 10.2. The van der Waals surface area contributed by atoms with Crippen LogP contribution in [-0.2, 0) is 0 Å². The number of nitrogens with one attached hydrogen (secondary N) is 1. The minimum Gasteiger partial charge on any atom is -0.360 e. The molecule has 4 heteroatoms. The Balaban J connectivity index is 2.04. The van der Waals surface area contributed by atoms with Gasteiger partial charge in [-0.3, -0.25) is 4.79 Å². The number of hydrogen-bond acceptors (Lipinski definition) is 4. The van der Waals surface area contributed by atoms with Crippen molar-refractivity contribution in [3.8, 4) is 6.07 Å². The number of nitriles is 1. The molecular weight excluding hydrogens is 244 g/mol. The van der Waals surface area contributed by atoms with E-state index in [0.717, 1.165) is 0 Å². The van der Waals surface area contributed by atoms with Crippen molar-refractivity contribution < 1.29 is 4.79 Å². The summed E-state index contributed by atoms with van der Waals surface area (Å²) < 4.78 is 0. The van der Waals surface area contributed by atoms with Crippen LogP contribution in [0, 0.1) is 11.3 Å². The van der Waals surface area contributed by atoms with Gasteiger partial charge in [-0.05, 0) is 23.6 Å². The average molecular weight is 254 g/mol. The highest BCUT2D eigenvalue weighted by Crippen LogP contribution is 2.14. The summed E-state index contributed by atoms with van der Waals surface area (Å²) in [7, 11) is 0. The smallest absolute Gasteiger partial charge is 0.197 e. The number of carbonyl (C=O) groups excluding carboxylic acids is 1. The highest BCUT2D eigenvalue weighted by atomic mass is 32.1. The van der Waals surface area contributed by atoms with E-state index < -0.39 is 0 Å². The van der Waals surface area contributed by atoms with Crippen molar-refractivity contribution >= 4 is 22.8 Å². The quantitative estimate of drug-likeness (QED) is 0.671. The third-order valence-corrected chi connectivity index (χ3v) is 3.17. The highest BCUT2D eigenvalue weighted by Gasteiger charge is 2.01. The van der Waals surface area contributed by atoms with Gasteiger partial charge in [0.1, 0.15) is 6.07 Å². The number of nitrogens with zero attached hydrogens (tertiary/aromatic N) is 1. The van der Waals surface area contributed by atoms with E-state index in [2.05, 4.69) is 11.4 Å². The molecule has 18 heavy (non-hydrogen) atoms. The number of anilines is 1. The largest absolute Gasteiger partial charge is 0.360 e. The summed E-state index contributed by atoms with van der Waals surface area (Å²) in [6.45, 7) is 0. The second-order valence-corrected chi connectivity index (χ2v) is 4.42. The SMILES string of the molecule is N#Cc1ccccc1NC=CC(=O)c1cccs1. The minimum absolute atomic E-state index is 0.0491.